The second-order valence-corrected chi connectivity index (χ2v) is 5.37. The molecular formula is C13H26N2O2. The highest BCUT2D eigenvalue weighted by atomic mass is 16.5. The van der Waals surface area contributed by atoms with Crippen molar-refractivity contribution in [3.05, 3.63) is 0 Å². The largest absolute Gasteiger partial charge is 0.394 e. The van der Waals surface area contributed by atoms with E-state index < -0.39 is 0 Å². The molecule has 0 bridgehead atoms. The zero-order chi connectivity index (χ0) is 12.1. The van der Waals surface area contributed by atoms with Gasteiger partial charge in [0.2, 0.25) is 0 Å². The van der Waals surface area contributed by atoms with Crippen LogP contribution in [-0.2, 0) is 4.74 Å². The molecule has 4 heteroatoms. The van der Waals surface area contributed by atoms with Crippen LogP contribution in [0.3, 0.4) is 0 Å². The summed E-state index contributed by atoms with van der Waals surface area (Å²) < 4.78 is 5.50. The van der Waals surface area contributed by atoms with E-state index in [-0.39, 0.29) is 12.1 Å². The van der Waals surface area contributed by atoms with E-state index >= 15 is 0 Å². The quantitative estimate of drug-likeness (QED) is 0.758. The maximum atomic E-state index is 9.61. The summed E-state index contributed by atoms with van der Waals surface area (Å²) in [6, 6.07) is 0.628. The normalized spacial score (nSPS) is 36.0. The van der Waals surface area contributed by atoms with Gasteiger partial charge in [-0.2, -0.15) is 0 Å². The maximum Gasteiger partial charge on any atom is 0.0613 e. The van der Waals surface area contributed by atoms with Gasteiger partial charge >= 0.3 is 0 Å². The topological polar surface area (TPSA) is 44.7 Å². The summed E-state index contributed by atoms with van der Waals surface area (Å²) in [4.78, 5) is 2.56. The molecule has 17 heavy (non-hydrogen) atoms. The summed E-state index contributed by atoms with van der Waals surface area (Å²) in [5.74, 6) is 0. The van der Waals surface area contributed by atoms with Gasteiger partial charge in [-0.05, 0) is 32.2 Å². The highest BCUT2D eigenvalue weighted by molar-refractivity contribution is 4.99. The van der Waals surface area contributed by atoms with Gasteiger partial charge in [0, 0.05) is 31.3 Å². The van der Waals surface area contributed by atoms with Crippen LogP contribution in [0.25, 0.3) is 0 Å². The molecule has 0 spiro atoms. The van der Waals surface area contributed by atoms with Gasteiger partial charge in [0.05, 0.1) is 13.2 Å². The lowest BCUT2D eigenvalue weighted by molar-refractivity contribution is 0.123. The van der Waals surface area contributed by atoms with Gasteiger partial charge in [-0.25, -0.2) is 0 Å². The number of aliphatic hydroxyl groups excluding tert-OH is 1. The van der Waals surface area contributed by atoms with E-state index in [4.69, 9.17) is 4.74 Å². The van der Waals surface area contributed by atoms with Gasteiger partial charge in [-0.15, -0.1) is 0 Å². The van der Waals surface area contributed by atoms with Crippen molar-refractivity contribution in [3.8, 4) is 0 Å². The summed E-state index contributed by atoms with van der Waals surface area (Å²) in [7, 11) is 0. The number of ether oxygens (including phenoxy) is 1. The van der Waals surface area contributed by atoms with Gasteiger partial charge in [0.15, 0.2) is 0 Å². The maximum absolute atomic E-state index is 9.61. The van der Waals surface area contributed by atoms with Crippen LogP contribution in [0.5, 0.6) is 0 Å². The van der Waals surface area contributed by atoms with Crippen LogP contribution < -0.4 is 5.32 Å². The molecule has 1 heterocycles. The first-order chi connectivity index (χ1) is 8.29. The fourth-order valence-electron chi connectivity index (χ4n) is 3.28. The number of aliphatic hydroxyl groups is 1. The Morgan fingerprint density at radius 3 is 3.06 bits per heavy atom. The van der Waals surface area contributed by atoms with Gasteiger partial charge in [-0.3, -0.25) is 4.90 Å². The number of rotatable bonds is 4. The van der Waals surface area contributed by atoms with E-state index in [9.17, 15) is 5.11 Å². The summed E-state index contributed by atoms with van der Waals surface area (Å²) >= 11 is 0. The highest BCUT2D eigenvalue weighted by Crippen LogP contribution is 2.33. The monoisotopic (exact) mass is 242 g/mol. The molecule has 1 aliphatic heterocycles. The van der Waals surface area contributed by atoms with E-state index in [1.165, 1.54) is 6.42 Å². The van der Waals surface area contributed by atoms with Crippen molar-refractivity contribution >= 4 is 0 Å². The molecule has 2 N–H and O–H groups in total. The standard InChI is InChI=1S/C13H26N2O2/c1-2-14-13(11-16)5-4-12(10-13)15-6-3-8-17-9-7-15/h12,14,16H,2-11H2,1H3. The molecule has 1 aliphatic carbocycles. The summed E-state index contributed by atoms with van der Waals surface area (Å²) in [5, 5.41) is 13.1. The van der Waals surface area contributed by atoms with E-state index in [1.54, 1.807) is 0 Å². The molecule has 100 valence electrons. The third kappa shape index (κ3) is 3.19. The lowest BCUT2D eigenvalue weighted by Crippen LogP contribution is -2.48. The lowest BCUT2D eigenvalue weighted by atomic mass is 9.98. The van der Waals surface area contributed by atoms with E-state index in [0.717, 1.165) is 52.1 Å². The van der Waals surface area contributed by atoms with Crippen LogP contribution in [-0.4, -0.2) is 61.0 Å². The van der Waals surface area contributed by atoms with E-state index in [2.05, 4.69) is 17.1 Å². The minimum absolute atomic E-state index is 0.0213. The first-order valence-corrected chi connectivity index (χ1v) is 6.97. The SMILES string of the molecule is CCNC1(CO)CCC(N2CCCOCC2)C1. The molecule has 0 radical (unpaired) electrons. The van der Waals surface area contributed by atoms with Gasteiger partial charge in [-0.1, -0.05) is 6.92 Å². The number of nitrogens with zero attached hydrogens (tertiary/aromatic N) is 1. The second kappa shape index (κ2) is 6.14. The van der Waals surface area contributed by atoms with Crippen LogP contribution >= 0.6 is 0 Å². The Morgan fingerprint density at radius 1 is 1.41 bits per heavy atom. The molecule has 0 aromatic rings. The lowest BCUT2D eigenvalue weighted by Gasteiger charge is -2.31. The van der Waals surface area contributed by atoms with Crippen molar-refractivity contribution in [2.24, 2.45) is 0 Å². The van der Waals surface area contributed by atoms with Crippen molar-refractivity contribution in [2.75, 3.05) is 39.5 Å². The predicted octanol–water partition coefficient (Wildman–Crippen LogP) is 0.602. The van der Waals surface area contributed by atoms with Crippen LogP contribution in [0.2, 0.25) is 0 Å². The Kier molecular flexibility index (Phi) is 4.79. The zero-order valence-corrected chi connectivity index (χ0v) is 11.0. The summed E-state index contributed by atoms with van der Waals surface area (Å²) in [6.45, 7) is 7.30. The minimum Gasteiger partial charge on any atom is -0.394 e. The first kappa shape index (κ1) is 13.3. The van der Waals surface area contributed by atoms with Crippen LogP contribution in [0.1, 0.15) is 32.6 Å². The minimum atomic E-state index is -0.0213. The number of hydrogen-bond donors (Lipinski definition) is 2. The third-order valence-corrected chi connectivity index (χ3v) is 4.21. The molecule has 1 saturated heterocycles. The molecular weight excluding hydrogens is 216 g/mol. The van der Waals surface area contributed by atoms with Crippen molar-refractivity contribution in [2.45, 2.75) is 44.2 Å². The van der Waals surface area contributed by atoms with Gasteiger partial charge in [0.25, 0.3) is 0 Å². The predicted molar refractivity (Wildman–Crippen MR) is 68.1 cm³/mol. The highest BCUT2D eigenvalue weighted by Gasteiger charge is 2.40. The Morgan fingerprint density at radius 2 is 2.29 bits per heavy atom. The number of likely N-dealkylation sites (N-methyl/N-ethyl adjacent to an activating group) is 1. The summed E-state index contributed by atoms with van der Waals surface area (Å²) in [6.07, 6.45) is 4.52. The number of nitrogens with one attached hydrogen (secondary N) is 1. The van der Waals surface area contributed by atoms with Gasteiger partial charge < -0.3 is 15.2 Å². The fourth-order valence-corrected chi connectivity index (χ4v) is 3.28. The molecule has 0 aromatic heterocycles. The second-order valence-electron chi connectivity index (χ2n) is 5.37. The average Bonchev–Trinajstić information content (AvgIpc) is 2.60. The van der Waals surface area contributed by atoms with Crippen molar-refractivity contribution in [1.82, 2.24) is 10.2 Å². The van der Waals surface area contributed by atoms with Crippen molar-refractivity contribution in [1.29, 1.82) is 0 Å². The molecule has 2 aliphatic rings. The third-order valence-electron chi connectivity index (χ3n) is 4.21. The smallest absolute Gasteiger partial charge is 0.0613 e. The molecule has 1 saturated carbocycles. The zero-order valence-electron chi connectivity index (χ0n) is 11.0. The molecule has 0 amide bonds. The molecule has 2 fully saturated rings. The van der Waals surface area contributed by atoms with Crippen LogP contribution in [0.15, 0.2) is 0 Å². The molecule has 4 nitrogen and oxygen atoms in total. The van der Waals surface area contributed by atoms with Crippen LogP contribution in [0, 0.1) is 0 Å². The Hall–Kier alpha value is -0.160. The molecule has 2 rings (SSSR count). The Balaban J connectivity index is 1.90. The van der Waals surface area contributed by atoms with Gasteiger partial charge in [0.1, 0.15) is 0 Å². The average molecular weight is 242 g/mol. The molecule has 0 aromatic carbocycles. The molecule has 2 atom stereocenters. The Labute approximate surface area is 104 Å². The fraction of sp³-hybridized carbons (Fsp3) is 1.00. The van der Waals surface area contributed by atoms with E-state index in [1.807, 2.05) is 0 Å². The van der Waals surface area contributed by atoms with E-state index in [0.29, 0.717) is 6.04 Å². The molecule has 2 unspecified atom stereocenters. The van der Waals surface area contributed by atoms with Crippen molar-refractivity contribution < 1.29 is 9.84 Å². The van der Waals surface area contributed by atoms with Crippen molar-refractivity contribution in [3.63, 3.8) is 0 Å². The Bertz CT molecular complexity index is 229. The first-order valence-electron chi connectivity index (χ1n) is 6.97. The van der Waals surface area contributed by atoms with Crippen LogP contribution in [0.4, 0.5) is 0 Å². The number of hydrogen-bond acceptors (Lipinski definition) is 4. The summed E-state index contributed by atoms with van der Waals surface area (Å²) in [5.41, 5.74) is -0.0213.